The van der Waals surface area contributed by atoms with Crippen molar-refractivity contribution in [3.05, 3.63) is 77.4 Å². The van der Waals surface area contributed by atoms with Gasteiger partial charge in [0.25, 0.3) is 0 Å². The molecule has 0 saturated carbocycles. The van der Waals surface area contributed by atoms with Gasteiger partial charge in [-0.1, -0.05) is 68.1 Å². The topological polar surface area (TPSA) is 0 Å². The molecule has 2 rings (SSSR count). The lowest BCUT2D eigenvalue weighted by Gasteiger charge is -2.16. The molecular formula is C17H18. The van der Waals surface area contributed by atoms with Crippen molar-refractivity contribution < 1.29 is 0 Å². The Morgan fingerprint density at radius 2 is 1.94 bits per heavy atom. The van der Waals surface area contributed by atoms with Crippen LogP contribution in [0.25, 0.3) is 6.08 Å². The fraction of sp³-hybridized carbons (Fsp3) is 0.176. The summed E-state index contributed by atoms with van der Waals surface area (Å²) in [5, 5.41) is 0. The maximum absolute atomic E-state index is 4.15. The third-order valence-corrected chi connectivity index (χ3v) is 3.23. The van der Waals surface area contributed by atoms with E-state index in [4.69, 9.17) is 0 Å². The van der Waals surface area contributed by atoms with E-state index in [1.54, 1.807) is 0 Å². The fourth-order valence-electron chi connectivity index (χ4n) is 2.24. The Bertz CT molecular complexity index is 513. The molecule has 0 heterocycles. The van der Waals surface area contributed by atoms with Crippen molar-refractivity contribution in [3.63, 3.8) is 0 Å². The number of rotatable bonds is 1. The molecule has 17 heavy (non-hydrogen) atoms. The molecule has 1 unspecified atom stereocenters. The second kappa shape index (κ2) is 5.01. The predicted molar refractivity (Wildman–Crippen MR) is 75.9 cm³/mol. The van der Waals surface area contributed by atoms with E-state index in [0.29, 0.717) is 5.92 Å². The van der Waals surface area contributed by atoms with Gasteiger partial charge in [-0.05, 0) is 29.2 Å². The molecule has 0 heteroatoms. The third-order valence-electron chi connectivity index (χ3n) is 3.23. The first-order valence-corrected chi connectivity index (χ1v) is 6.03. The summed E-state index contributed by atoms with van der Waals surface area (Å²) in [4.78, 5) is 0. The molecule has 0 fully saturated rings. The van der Waals surface area contributed by atoms with Gasteiger partial charge in [-0.3, -0.25) is 0 Å². The lowest BCUT2D eigenvalue weighted by Crippen LogP contribution is -1.99. The van der Waals surface area contributed by atoms with Gasteiger partial charge in [-0.2, -0.15) is 0 Å². The van der Waals surface area contributed by atoms with Gasteiger partial charge in [-0.15, -0.1) is 0 Å². The van der Waals surface area contributed by atoms with Gasteiger partial charge in [0.2, 0.25) is 0 Å². The van der Waals surface area contributed by atoms with Crippen LogP contribution in [0.3, 0.4) is 0 Å². The number of allylic oxidation sites excluding steroid dienone is 6. The molecule has 1 aromatic carbocycles. The van der Waals surface area contributed by atoms with Crippen LogP contribution in [0.5, 0.6) is 0 Å². The minimum absolute atomic E-state index is 0.393. The van der Waals surface area contributed by atoms with E-state index in [9.17, 15) is 0 Å². The molecule has 1 aliphatic rings. The van der Waals surface area contributed by atoms with Gasteiger partial charge < -0.3 is 0 Å². The van der Waals surface area contributed by atoms with Crippen LogP contribution in [0.15, 0.2) is 66.3 Å². The summed E-state index contributed by atoms with van der Waals surface area (Å²) < 4.78 is 0. The highest BCUT2D eigenvalue weighted by Crippen LogP contribution is 2.34. The summed E-state index contributed by atoms with van der Waals surface area (Å²) in [6, 6.07) is 8.55. The lowest BCUT2D eigenvalue weighted by molar-refractivity contribution is 0.913. The molecule has 0 N–H and O–H groups in total. The fourth-order valence-corrected chi connectivity index (χ4v) is 2.24. The van der Waals surface area contributed by atoms with Crippen molar-refractivity contribution in [2.75, 3.05) is 0 Å². The van der Waals surface area contributed by atoms with E-state index in [1.807, 2.05) is 13.0 Å². The van der Waals surface area contributed by atoms with Crippen LogP contribution in [0.1, 0.15) is 30.9 Å². The standard InChI is InChI=1S/C17H18/c1-4-5-9-16-13(2)11-12-15-8-6-7-10-17(15)14(16)3/h4-12,14H,2H2,1,3H3/b5-4-,16-9+. The van der Waals surface area contributed by atoms with Crippen LogP contribution in [0, 0.1) is 0 Å². The van der Waals surface area contributed by atoms with Crippen molar-refractivity contribution in [1.29, 1.82) is 0 Å². The van der Waals surface area contributed by atoms with E-state index < -0.39 is 0 Å². The van der Waals surface area contributed by atoms with Gasteiger partial charge >= 0.3 is 0 Å². The van der Waals surface area contributed by atoms with Crippen LogP contribution in [-0.2, 0) is 0 Å². The van der Waals surface area contributed by atoms with E-state index >= 15 is 0 Å². The Hall–Kier alpha value is -1.82. The number of benzene rings is 1. The molecular weight excluding hydrogens is 204 g/mol. The smallest absolute Gasteiger partial charge is 0.00726 e. The zero-order chi connectivity index (χ0) is 12.3. The molecule has 0 aliphatic heterocycles. The summed E-state index contributed by atoms with van der Waals surface area (Å²) in [5.41, 5.74) is 5.07. The van der Waals surface area contributed by atoms with Crippen molar-refractivity contribution in [2.24, 2.45) is 0 Å². The summed E-state index contributed by atoms with van der Waals surface area (Å²) in [5.74, 6) is 0.393. The van der Waals surface area contributed by atoms with Crippen molar-refractivity contribution in [3.8, 4) is 0 Å². The van der Waals surface area contributed by atoms with E-state index in [1.165, 1.54) is 16.7 Å². The zero-order valence-electron chi connectivity index (χ0n) is 10.5. The van der Waals surface area contributed by atoms with Crippen LogP contribution >= 0.6 is 0 Å². The predicted octanol–water partition coefficient (Wildman–Crippen LogP) is 4.88. The highest BCUT2D eigenvalue weighted by molar-refractivity contribution is 5.65. The number of hydrogen-bond acceptors (Lipinski definition) is 0. The molecule has 1 aromatic rings. The molecule has 0 amide bonds. The molecule has 0 bridgehead atoms. The molecule has 0 aromatic heterocycles. The highest BCUT2D eigenvalue weighted by Gasteiger charge is 2.17. The largest absolute Gasteiger partial charge is 0.0915 e. The van der Waals surface area contributed by atoms with Gasteiger partial charge in [0.05, 0.1) is 0 Å². The molecule has 0 radical (unpaired) electrons. The maximum Gasteiger partial charge on any atom is 0.00726 e. The molecule has 0 spiro atoms. The summed E-state index contributed by atoms with van der Waals surface area (Å²) >= 11 is 0. The van der Waals surface area contributed by atoms with E-state index in [-0.39, 0.29) is 0 Å². The normalized spacial score (nSPS) is 21.9. The average Bonchev–Trinajstić information content (AvgIpc) is 2.47. The number of hydrogen-bond donors (Lipinski definition) is 0. The van der Waals surface area contributed by atoms with Crippen molar-refractivity contribution >= 4 is 6.08 Å². The molecule has 1 atom stereocenters. The van der Waals surface area contributed by atoms with Gasteiger partial charge in [0.15, 0.2) is 0 Å². The van der Waals surface area contributed by atoms with Crippen LogP contribution in [-0.4, -0.2) is 0 Å². The molecule has 0 saturated heterocycles. The monoisotopic (exact) mass is 222 g/mol. The average molecular weight is 222 g/mol. The quantitative estimate of drug-likeness (QED) is 0.635. The first-order chi connectivity index (χ1) is 8.24. The first-order valence-electron chi connectivity index (χ1n) is 6.03. The summed E-state index contributed by atoms with van der Waals surface area (Å²) in [6.45, 7) is 8.43. The highest BCUT2D eigenvalue weighted by atomic mass is 14.2. The molecule has 1 aliphatic carbocycles. The van der Waals surface area contributed by atoms with Gasteiger partial charge in [0.1, 0.15) is 0 Å². The number of fused-ring (bicyclic) bond motifs is 1. The Labute approximate surface area is 104 Å². The van der Waals surface area contributed by atoms with Gasteiger partial charge in [-0.25, -0.2) is 0 Å². The Morgan fingerprint density at radius 1 is 1.18 bits per heavy atom. The van der Waals surface area contributed by atoms with E-state index in [2.05, 4.69) is 62.1 Å². The Morgan fingerprint density at radius 3 is 2.71 bits per heavy atom. The second-order valence-electron chi connectivity index (χ2n) is 4.36. The van der Waals surface area contributed by atoms with Crippen molar-refractivity contribution in [1.82, 2.24) is 0 Å². The zero-order valence-corrected chi connectivity index (χ0v) is 10.5. The minimum atomic E-state index is 0.393. The first kappa shape index (κ1) is 11.7. The minimum Gasteiger partial charge on any atom is -0.0915 e. The molecule has 86 valence electrons. The molecule has 0 nitrogen and oxygen atoms in total. The third kappa shape index (κ3) is 2.31. The Kier molecular flexibility index (Phi) is 3.43. The van der Waals surface area contributed by atoms with Crippen LogP contribution in [0.4, 0.5) is 0 Å². The van der Waals surface area contributed by atoms with E-state index in [0.717, 1.165) is 5.57 Å². The summed E-state index contributed by atoms with van der Waals surface area (Å²) in [7, 11) is 0. The van der Waals surface area contributed by atoms with Crippen LogP contribution < -0.4 is 0 Å². The van der Waals surface area contributed by atoms with Gasteiger partial charge in [0, 0.05) is 5.92 Å². The van der Waals surface area contributed by atoms with Crippen LogP contribution in [0.2, 0.25) is 0 Å². The maximum atomic E-state index is 4.15. The lowest BCUT2D eigenvalue weighted by atomic mass is 9.88. The summed E-state index contributed by atoms with van der Waals surface area (Å²) in [6.07, 6.45) is 10.6. The Balaban J connectivity index is 2.53. The van der Waals surface area contributed by atoms with Crippen molar-refractivity contribution in [2.45, 2.75) is 19.8 Å². The SMILES string of the molecule is C=C1C=Cc2ccccc2C(C)/C1=C/C=C\C. The second-order valence-corrected chi connectivity index (χ2v) is 4.36.